The quantitative estimate of drug-likeness (QED) is 0.792. The second kappa shape index (κ2) is 7.79. The monoisotopic (exact) mass is 265 g/mol. The van der Waals surface area contributed by atoms with E-state index in [9.17, 15) is 9.90 Å². The molecule has 0 radical (unpaired) electrons. The normalized spacial score (nSPS) is 12.0. The molecule has 0 heterocycles. The van der Waals surface area contributed by atoms with E-state index in [4.69, 9.17) is 4.74 Å². The molecule has 1 aromatic rings. The van der Waals surface area contributed by atoms with Crippen LogP contribution >= 0.6 is 0 Å². The average Bonchev–Trinajstić information content (AvgIpc) is 2.38. The summed E-state index contributed by atoms with van der Waals surface area (Å²) in [5, 5.41) is 12.2. The molecule has 19 heavy (non-hydrogen) atoms. The molecule has 106 valence electrons. The Morgan fingerprint density at radius 2 is 2.16 bits per heavy atom. The minimum absolute atomic E-state index is 0.0247. The summed E-state index contributed by atoms with van der Waals surface area (Å²) in [6, 6.07) is 5.76. The number of aliphatic hydroxyl groups is 1. The predicted octanol–water partition coefficient (Wildman–Crippen LogP) is 1.96. The van der Waals surface area contributed by atoms with Crippen molar-refractivity contribution in [1.29, 1.82) is 0 Å². The first-order chi connectivity index (χ1) is 9.04. The van der Waals surface area contributed by atoms with Gasteiger partial charge in [-0.3, -0.25) is 4.79 Å². The Morgan fingerprint density at radius 1 is 1.42 bits per heavy atom. The van der Waals surface area contributed by atoms with E-state index in [2.05, 4.69) is 5.32 Å². The van der Waals surface area contributed by atoms with E-state index in [1.54, 1.807) is 0 Å². The highest BCUT2D eigenvalue weighted by atomic mass is 16.5. The van der Waals surface area contributed by atoms with E-state index >= 15 is 0 Å². The Balaban J connectivity index is 2.36. The fourth-order valence-corrected chi connectivity index (χ4v) is 1.74. The van der Waals surface area contributed by atoms with Gasteiger partial charge in [0.2, 0.25) is 0 Å². The number of carbonyl (C=O) groups excluding carboxylic acids is 1. The lowest BCUT2D eigenvalue weighted by Crippen LogP contribution is -2.35. The van der Waals surface area contributed by atoms with Crippen LogP contribution in [0, 0.1) is 13.8 Å². The molecule has 0 fully saturated rings. The number of hydrogen-bond donors (Lipinski definition) is 2. The van der Waals surface area contributed by atoms with Gasteiger partial charge in [0.25, 0.3) is 5.91 Å². The van der Waals surface area contributed by atoms with Gasteiger partial charge in [-0.1, -0.05) is 25.5 Å². The van der Waals surface area contributed by atoms with Crippen LogP contribution in [0.3, 0.4) is 0 Å². The Kier molecular flexibility index (Phi) is 6.36. The van der Waals surface area contributed by atoms with Crippen molar-refractivity contribution in [1.82, 2.24) is 5.32 Å². The molecule has 1 unspecified atom stereocenters. The number of benzene rings is 1. The molecular formula is C15H23NO3. The van der Waals surface area contributed by atoms with Crippen molar-refractivity contribution in [2.45, 2.75) is 39.7 Å². The number of rotatable bonds is 7. The first kappa shape index (κ1) is 15.5. The van der Waals surface area contributed by atoms with Crippen LogP contribution in [-0.4, -0.2) is 30.3 Å². The number of amides is 1. The van der Waals surface area contributed by atoms with Crippen molar-refractivity contribution in [3.8, 4) is 5.75 Å². The van der Waals surface area contributed by atoms with E-state index in [-0.39, 0.29) is 19.1 Å². The third-order valence-electron chi connectivity index (χ3n) is 3.07. The lowest BCUT2D eigenvalue weighted by atomic mass is 10.1. The number of hydrogen-bond acceptors (Lipinski definition) is 3. The number of ether oxygens (including phenoxy) is 1. The van der Waals surface area contributed by atoms with E-state index in [1.807, 2.05) is 39.0 Å². The summed E-state index contributed by atoms with van der Waals surface area (Å²) in [7, 11) is 0. The zero-order valence-electron chi connectivity index (χ0n) is 11.9. The van der Waals surface area contributed by atoms with Crippen molar-refractivity contribution in [3.05, 3.63) is 29.3 Å². The lowest BCUT2D eigenvalue weighted by molar-refractivity contribution is -0.123. The third-order valence-corrected chi connectivity index (χ3v) is 3.07. The summed E-state index contributed by atoms with van der Waals surface area (Å²) in [4.78, 5) is 11.6. The number of nitrogens with one attached hydrogen (secondary N) is 1. The van der Waals surface area contributed by atoms with Gasteiger partial charge in [-0.15, -0.1) is 0 Å². The molecule has 1 rings (SSSR count). The maximum absolute atomic E-state index is 11.6. The van der Waals surface area contributed by atoms with Crippen molar-refractivity contribution >= 4 is 5.91 Å². The first-order valence-electron chi connectivity index (χ1n) is 6.68. The molecule has 0 aliphatic heterocycles. The molecule has 0 saturated carbocycles. The fraction of sp³-hybridized carbons (Fsp3) is 0.533. The van der Waals surface area contributed by atoms with E-state index < -0.39 is 6.10 Å². The minimum atomic E-state index is -0.477. The van der Waals surface area contributed by atoms with Gasteiger partial charge in [0.15, 0.2) is 6.61 Å². The molecule has 2 N–H and O–H groups in total. The van der Waals surface area contributed by atoms with Crippen LogP contribution in [0.4, 0.5) is 0 Å². The van der Waals surface area contributed by atoms with Crippen molar-refractivity contribution in [2.75, 3.05) is 13.2 Å². The van der Waals surface area contributed by atoms with Gasteiger partial charge in [0, 0.05) is 6.54 Å². The van der Waals surface area contributed by atoms with Crippen LogP contribution in [0.1, 0.15) is 30.9 Å². The predicted molar refractivity (Wildman–Crippen MR) is 75.3 cm³/mol. The van der Waals surface area contributed by atoms with Gasteiger partial charge >= 0.3 is 0 Å². The van der Waals surface area contributed by atoms with Crippen molar-refractivity contribution < 1.29 is 14.6 Å². The van der Waals surface area contributed by atoms with Gasteiger partial charge in [0.05, 0.1) is 6.10 Å². The van der Waals surface area contributed by atoms with Crippen LogP contribution in [0.25, 0.3) is 0 Å². The summed E-state index contributed by atoms with van der Waals surface area (Å²) in [6.45, 7) is 6.22. The van der Waals surface area contributed by atoms with Gasteiger partial charge in [0.1, 0.15) is 5.75 Å². The van der Waals surface area contributed by atoms with E-state index in [1.165, 1.54) is 0 Å². The summed E-state index contributed by atoms with van der Waals surface area (Å²) in [5.41, 5.74) is 2.18. The fourth-order valence-electron chi connectivity index (χ4n) is 1.74. The van der Waals surface area contributed by atoms with Crippen LogP contribution in [-0.2, 0) is 4.79 Å². The molecule has 0 aromatic heterocycles. The molecule has 4 heteroatoms. The lowest BCUT2D eigenvalue weighted by Gasteiger charge is -2.13. The zero-order valence-corrected chi connectivity index (χ0v) is 11.9. The topological polar surface area (TPSA) is 58.6 Å². The first-order valence-corrected chi connectivity index (χ1v) is 6.68. The molecule has 0 aliphatic carbocycles. The molecular weight excluding hydrogens is 242 g/mol. The molecule has 0 aliphatic rings. The summed E-state index contributed by atoms with van der Waals surface area (Å²) in [5.74, 6) is 0.514. The molecule has 0 bridgehead atoms. The Labute approximate surface area is 114 Å². The largest absolute Gasteiger partial charge is 0.483 e. The van der Waals surface area contributed by atoms with Gasteiger partial charge < -0.3 is 15.2 Å². The minimum Gasteiger partial charge on any atom is -0.483 e. The molecule has 0 saturated heterocycles. The molecule has 1 amide bonds. The van der Waals surface area contributed by atoms with Gasteiger partial charge in [-0.25, -0.2) is 0 Å². The second-order valence-electron chi connectivity index (χ2n) is 4.73. The van der Waals surface area contributed by atoms with Crippen molar-refractivity contribution in [3.63, 3.8) is 0 Å². The van der Waals surface area contributed by atoms with Crippen LogP contribution in [0.2, 0.25) is 0 Å². The maximum atomic E-state index is 11.6. The Bertz CT molecular complexity index is 418. The summed E-state index contributed by atoms with van der Waals surface area (Å²) in [6.07, 6.45) is 1.11. The maximum Gasteiger partial charge on any atom is 0.258 e. The third kappa shape index (κ3) is 5.30. The second-order valence-corrected chi connectivity index (χ2v) is 4.73. The zero-order chi connectivity index (χ0) is 14.3. The molecule has 0 spiro atoms. The van der Waals surface area contributed by atoms with E-state index in [0.29, 0.717) is 6.42 Å². The number of aryl methyl sites for hydroxylation is 1. The molecule has 4 nitrogen and oxygen atoms in total. The number of aliphatic hydroxyl groups excluding tert-OH is 1. The summed E-state index contributed by atoms with van der Waals surface area (Å²) >= 11 is 0. The summed E-state index contributed by atoms with van der Waals surface area (Å²) < 4.78 is 5.48. The van der Waals surface area contributed by atoms with Gasteiger partial charge in [-0.2, -0.15) is 0 Å². The highest BCUT2D eigenvalue weighted by molar-refractivity contribution is 5.77. The molecule has 1 aromatic carbocycles. The van der Waals surface area contributed by atoms with Crippen LogP contribution in [0.5, 0.6) is 5.75 Å². The SMILES string of the molecule is CCCC(O)CNC(=O)COc1cccc(C)c1C. The Hall–Kier alpha value is -1.55. The van der Waals surface area contributed by atoms with Crippen LogP contribution in [0.15, 0.2) is 18.2 Å². The molecule has 1 atom stereocenters. The highest BCUT2D eigenvalue weighted by Crippen LogP contribution is 2.20. The highest BCUT2D eigenvalue weighted by Gasteiger charge is 2.08. The van der Waals surface area contributed by atoms with Gasteiger partial charge in [-0.05, 0) is 37.5 Å². The van der Waals surface area contributed by atoms with E-state index in [0.717, 1.165) is 23.3 Å². The number of carbonyl (C=O) groups is 1. The Morgan fingerprint density at radius 3 is 2.84 bits per heavy atom. The van der Waals surface area contributed by atoms with Crippen LogP contribution < -0.4 is 10.1 Å². The smallest absolute Gasteiger partial charge is 0.258 e. The average molecular weight is 265 g/mol. The standard InChI is InChI=1S/C15H23NO3/c1-4-6-13(17)9-16-15(18)10-19-14-8-5-7-11(2)12(14)3/h5,7-8,13,17H,4,6,9-10H2,1-3H3,(H,16,18). The van der Waals surface area contributed by atoms with Crippen molar-refractivity contribution in [2.24, 2.45) is 0 Å².